The highest BCUT2D eigenvalue weighted by Crippen LogP contribution is 2.39. The first-order valence-corrected chi connectivity index (χ1v) is 8.95. The SMILES string of the molecule is CCCCCCCC/C=C\C/C=C\C/C=C\[C@@H]1C[C@H]1C(=O)O. The number of carboxylic acids is 1. The summed E-state index contributed by atoms with van der Waals surface area (Å²) in [6.45, 7) is 2.25. The molecule has 0 aromatic heterocycles. The van der Waals surface area contributed by atoms with Crippen molar-refractivity contribution in [1.29, 1.82) is 0 Å². The summed E-state index contributed by atoms with van der Waals surface area (Å²) in [5.74, 6) is -0.492. The van der Waals surface area contributed by atoms with Crippen LogP contribution < -0.4 is 0 Å². The number of allylic oxidation sites excluding steroid dienone is 6. The van der Waals surface area contributed by atoms with Crippen LogP contribution in [0.25, 0.3) is 0 Å². The molecule has 0 spiro atoms. The second-order valence-electron chi connectivity index (χ2n) is 6.24. The molecule has 1 N–H and O–H groups in total. The maximum Gasteiger partial charge on any atom is 0.307 e. The third kappa shape index (κ3) is 9.59. The van der Waals surface area contributed by atoms with E-state index in [1.807, 2.05) is 0 Å². The van der Waals surface area contributed by atoms with Crippen LogP contribution in [-0.4, -0.2) is 11.1 Å². The van der Waals surface area contributed by atoms with Crippen LogP contribution in [0, 0.1) is 11.8 Å². The van der Waals surface area contributed by atoms with Gasteiger partial charge in [0, 0.05) is 0 Å². The van der Waals surface area contributed by atoms with E-state index in [4.69, 9.17) is 5.11 Å². The van der Waals surface area contributed by atoms with Crippen molar-refractivity contribution in [1.82, 2.24) is 0 Å². The smallest absolute Gasteiger partial charge is 0.307 e. The second kappa shape index (κ2) is 12.3. The van der Waals surface area contributed by atoms with Gasteiger partial charge in [-0.2, -0.15) is 0 Å². The highest BCUT2D eigenvalue weighted by Gasteiger charge is 2.40. The van der Waals surface area contributed by atoms with Gasteiger partial charge < -0.3 is 5.11 Å². The molecular formula is C20H32O2. The molecule has 1 aliphatic rings. The minimum Gasteiger partial charge on any atom is -0.481 e. The molecule has 1 fully saturated rings. The summed E-state index contributed by atoms with van der Waals surface area (Å²) in [4.78, 5) is 10.7. The van der Waals surface area contributed by atoms with E-state index in [0.29, 0.717) is 0 Å². The Morgan fingerprint density at radius 1 is 0.955 bits per heavy atom. The quantitative estimate of drug-likeness (QED) is 0.339. The molecule has 1 aliphatic carbocycles. The third-order valence-electron chi connectivity index (χ3n) is 4.14. The monoisotopic (exact) mass is 304 g/mol. The van der Waals surface area contributed by atoms with Crippen LogP contribution in [0.5, 0.6) is 0 Å². The average molecular weight is 304 g/mol. The fourth-order valence-electron chi connectivity index (χ4n) is 2.57. The molecule has 1 saturated carbocycles. The first-order chi connectivity index (χ1) is 10.8. The lowest BCUT2D eigenvalue weighted by Gasteiger charge is -1.97. The number of hydrogen-bond acceptors (Lipinski definition) is 1. The minimum absolute atomic E-state index is 0.120. The molecule has 0 aliphatic heterocycles. The van der Waals surface area contributed by atoms with E-state index >= 15 is 0 Å². The largest absolute Gasteiger partial charge is 0.481 e. The molecule has 0 aromatic rings. The van der Waals surface area contributed by atoms with E-state index in [1.54, 1.807) is 0 Å². The lowest BCUT2D eigenvalue weighted by molar-refractivity contribution is -0.138. The van der Waals surface area contributed by atoms with E-state index in [9.17, 15) is 4.79 Å². The number of aliphatic carboxylic acids is 1. The van der Waals surface area contributed by atoms with Crippen LogP contribution >= 0.6 is 0 Å². The van der Waals surface area contributed by atoms with E-state index in [-0.39, 0.29) is 11.8 Å². The normalized spacial score (nSPS) is 21.3. The summed E-state index contributed by atoms with van der Waals surface area (Å²) < 4.78 is 0. The van der Waals surface area contributed by atoms with Crippen LogP contribution in [0.1, 0.15) is 71.1 Å². The van der Waals surface area contributed by atoms with Crippen LogP contribution in [0.15, 0.2) is 36.5 Å². The molecule has 2 nitrogen and oxygen atoms in total. The maximum absolute atomic E-state index is 10.7. The molecule has 0 saturated heterocycles. The maximum atomic E-state index is 10.7. The van der Waals surface area contributed by atoms with E-state index in [1.165, 1.54) is 44.9 Å². The zero-order valence-electron chi connectivity index (χ0n) is 14.0. The number of unbranched alkanes of at least 4 members (excludes halogenated alkanes) is 6. The molecule has 2 atom stereocenters. The summed E-state index contributed by atoms with van der Waals surface area (Å²) in [7, 11) is 0. The van der Waals surface area contributed by atoms with Crippen molar-refractivity contribution in [2.45, 2.75) is 71.1 Å². The molecule has 0 heterocycles. The molecule has 1 rings (SSSR count). The standard InChI is InChI=1S/C20H32O2/c1-2-3-4-5-6-7-8-9-10-11-12-13-14-15-16-18-17-19(18)20(21)22/h9-10,12-13,15-16,18-19H,2-8,11,14,17H2,1H3,(H,21,22)/b10-9-,13-12-,16-15-/t18-,19-/m1/s1. The molecule has 0 aromatic carbocycles. The van der Waals surface area contributed by atoms with Crippen molar-refractivity contribution in [3.63, 3.8) is 0 Å². The van der Waals surface area contributed by atoms with Crippen LogP contribution in [-0.2, 0) is 4.79 Å². The van der Waals surface area contributed by atoms with Gasteiger partial charge in [-0.05, 0) is 38.0 Å². The molecule has 0 radical (unpaired) electrons. The van der Waals surface area contributed by atoms with Gasteiger partial charge in [-0.25, -0.2) is 0 Å². The van der Waals surface area contributed by atoms with Gasteiger partial charge in [-0.1, -0.05) is 75.5 Å². The summed E-state index contributed by atoms with van der Waals surface area (Å²) in [5, 5.41) is 8.78. The lowest BCUT2D eigenvalue weighted by Crippen LogP contribution is -1.97. The Hall–Kier alpha value is -1.31. The topological polar surface area (TPSA) is 37.3 Å². The zero-order valence-corrected chi connectivity index (χ0v) is 14.0. The minimum atomic E-state index is -0.652. The zero-order chi connectivity index (χ0) is 16.0. The van der Waals surface area contributed by atoms with E-state index in [2.05, 4.69) is 43.4 Å². The van der Waals surface area contributed by atoms with Gasteiger partial charge in [0.1, 0.15) is 0 Å². The summed E-state index contributed by atoms with van der Waals surface area (Å²) in [5.41, 5.74) is 0. The molecule has 0 bridgehead atoms. The predicted molar refractivity (Wildman–Crippen MR) is 93.9 cm³/mol. The molecule has 2 heteroatoms. The Morgan fingerprint density at radius 2 is 1.59 bits per heavy atom. The van der Waals surface area contributed by atoms with Crippen molar-refractivity contribution in [2.75, 3.05) is 0 Å². The Morgan fingerprint density at radius 3 is 2.27 bits per heavy atom. The van der Waals surface area contributed by atoms with Gasteiger partial charge in [0.25, 0.3) is 0 Å². The summed E-state index contributed by atoms with van der Waals surface area (Å²) in [6, 6.07) is 0. The fourth-order valence-corrected chi connectivity index (χ4v) is 2.57. The summed E-state index contributed by atoms with van der Waals surface area (Å²) in [6.07, 6.45) is 25.1. The van der Waals surface area contributed by atoms with Crippen molar-refractivity contribution in [3.05, 3.63) is 36.5 Å². The molecule has 124 valence electrons. The van der Waals surface area contributed by atoms with Crippen LogP contribution in [0.3, 0.4) is 0 Å². The first-order valence-electron chi connectivity index (χ1n) is 8.95. The lowest BCUT2D eigenvalue weighted by atomic mass is 10.1. The fraction of sp³-hybridized carbons (Fsp3) is 0.650. The highest BCUT2D eigenvalue weighted by molar-refractivity contribution is 5.73. The van der Waals surface area contributed by atoms with Crippen molar-refractivity contribution < 1.29 is 9.90 Å². The van der Waals surface area contributed by atoms with Gasteiger partial charge in [0.05, 0.1) is 5.92 Å². The predicted octanol–water partition coefficient (Wildman–Crippen LogP) is 5.91. The number of carbonyl (C=O) groups is 1. The number of rotatable bonds is 13. The number of carboxylic acid groups (broad SMARTS) is 1. The van der Waals surface area contributed by atoms with Crippen LogP contribution in [0.2, 0.25) is 0 Å². The van der Waals surface area contributed by atoms with Crippen LogP contribution in [0.4, 0.5) is 0 Å². The van der Waals surface area contributed by atoms with E-state index in [0.717, 1.165) is 19.3 Å². The Balaban J connectivity index is 1.88. The molecule has 0 amide bonds. The van der Waals surface area contributed by atoms with Crippen molar-refractivity contribution in [3.8, 4) is 0 Å². The van der Waals surface area contributed by atoms with E-state index < -0.39 is 5.97 Å². The van der Waals surface area contributed by atoms with Gasteiger partial charge in [0.2, 0.25) is 0 Å². The van der Waals surface area contributed by atoms with Gasteiger partial charge in [0.15, 0.2) is 0 Å². The average Bonchev–Trinajstić information content (AvgIpc) is 3.27. The van der Waals surface area contributed by atoms with Gasteiger partial charge in [-0.15, -0.1) is 0 Å². The van der Waals surface area contributed by atoms with Gasteiger partial charge in [-0.3, -0.25) is 4.79 Å². The molecular weight excluding hydrogens is 272 g/mol. The molecule has 22 heavy (non-hydrogen) atoms. The molecule has 0 unspecified atom stereocenters. The highest BCUT2D eigenvalue weighted by atomic mass is 16.4. The number of hydrogen-bond donors (Lipinski definition) is 1. The third-order valence-corrected chi connectivity index (χ3v) is 4.14. The summed E-state index contributed by atoms with van der Waals surface area (Å²) >= 11 is 0. The Bertz CT molecular complexity index is 379. The van der Waals surface area contributed by atoms with Gasteiger partial charge >= 0.3 is 5.97 Å². The van der Waals surface area contributed by atoms with Crippen molar-refractivity contribution >= 4 is 5.97 Å². The second-order valence-corrected chi connectivity index (χ2v) is 6.24. The first kappa shape index (κ1) is 18.7. The van der Waals surface area contributed by atoms with Crippen molar-refractivity contribution in [2.24, 2.45) is 11.8 Å². The Labute approximate surface area is 136 Å². The Kier molecular flexibility index (Phi) is 10.4.